The van der Waals surface area contributed by atoms with Crippen LogP contribution in [0.5, 0.6) is 0 Å². The summed E-state index contributed by atoms with van der Waals surface area (Å²) in [6, 6.07) is 0. The molecule has 83 heavy (non-hydrogen) atoms. The molecule has 3 N–H and O–H groups in total. The van der Waals surface area contributed by atoms with Gasteiger partial charge in [-0.15, -0.1) is 0 Å². The van der Waals surface area contributed by atoms with Crippen molar-refractivity contribution in [3.05, 3.63) is 0 Å². The zero-order valence-electron chi connectivity index (χ0n) is 53.3. The van der Waals surface area contributed by atoms with Gasteiger partial charge in [0.15, 0.2) is 12.2 Å². The van der Waals surface area contributed by atoms with Crippen molar-refractivity contribution in [3.63, 3.8) is 0 Å². The van der Waals surface area contributed by atoms with Gasteiger partial charge in [-0.3, -0.25) is 37.3 Å². The molecule has 0 rings (SSSR count). The van der Waals surface area contributed by atoms with Gasteiger partial charge in [-0.05, 0) is 31.6 Å². The minimum atomic E-state index is -4.94. The van der Waals surface area contributed by atoms with Crippen LogP contribution in [-0.2, 0) is 65.4 Å². The third-order valence-corrected chi connectivity index (χ3v) is 16.7. The van der Waals surface area contributed by atoms with Crippen LogP contribution in [0.2, 0.25) is 0 Å². The first-order chi connectivity index (χ1) is 40.0. The molecule has 0 aromatic rings. The fraction of sp³-hybridized carbons (Fsp3) is 0.938. The molecule has 2 unspecified atom stereocenters. The molecule has 0 bridgehead atoms. The second kappa shape index (κ2) is 57.8. The molecule has 0 radical (unpaired) electrons. The predicted molar refractivity (Wildman–Crippen MR) is 331 cm³/mol. The lowest BCUT2D eigenvalue weighted by Crippen LogP contribution is -2.30. The Hall–Kier alpha value is -1.94. The van der Waals surface area contributed by atoms with Crippen LogP contribution in [0.3, 0.4) is 0 Å². The molecule has 5 atom stereocenters. The maximum atomic E-state index is 13.0. The molecule has 0 heterocycles. The van der Waals surface area contributed by atoms with E-state index in [1.54, 1.807) is 0 Å². The number of aliphatic hydroxyl groups is 1. The molecule has 0 fully saturated rings. The number of phosphoric acid groups is 2. The molecule has 17 nitrogen and oxygen atoms in total. The van der Waals surface area contributed by atoms with Crippen molar-refractivity contribution in [1.29, 1.82) is 0 Å². The summed E-state index contributed by atoms with van der Waals surface area (Å²) in [6.45, 7) is 7.11. The van der Waals surface area contributed by atoms with Gasteiger partial charge in [0.2, 0.25) is 0 Å². The zero-order valence-corrected chi connectivity index (χ0v) is 55.1. The van der Waals surface area contributed by atoms with Crippen LogP contribution in [0, 0.1) is 5.92 Å². The number of rotatable bonds is 64. The molecule has 0 amide bonds. The molecule has 0 aromatic heterocycles. The van der Waals surface area contributed by atoms with Crippen LogP contribution in [0.1, 0.15) is 324 Å². The van der Waals surface area contributed by atoms with E-state index in [-0.39, 0.29) is 25.7 Å². The van der Waals surface area contributed by atoms with Crippen molar-refractivity contribution in [3.8, 4) is 0 Å². The van der Waals surface area contributed by atoms with Gasteiger partial charge in [-0.2, -0.15) is 0 Å². The number of hydrogen-bond donors (Lipinski definition) is 3. The second-order valence-corrected chi connectivity index (χ2v) is 26.5. The van der Waals surface area contributed by atoms with Gasteiger partial charge in [0, 0.05) is 25.7 Å². The number of carbonyl (C=O) groups is 4. The highest BCUT2D eigenvalue weighted by molar-refractivity contribution is 7.47. The Bertz CT molecular complexity index is 1620. The van der Waals surface area contributed by atoms with Crippen LogP contribution >= 0.6 is 15.6 Å². The number of aliphatic hydroxyl groups excluding tert-OH is 1. The summed E-state index contributed by atoms with van der Waals surface area (Å²) >= 11 is 0. The Morgan fingerprint density at radius 2 is 0.554 bits per heavy atom. The highest BCUT2D eigenvalue weighted by atomic mass is 31.2. The van der Waals surface area contributed by atoms with Crippen LogP contribution in [0.15, 0.2) is 0 Å². The molecular weight excluding hydrogens is 1100 g/mol. The van der Waals surface area contributed by atoms with Gasteiger partial charge in [0.05, 0.1) is 26.4 Å². The second-order valence-electron chi connectivity index (χ2n) is 23.6. The Morgan fingerprint density at radius 3 is 0.819 bits per heavy atom. The normalized spacial score (nSPS) is 14.2. The molecule has 492 valence electrons. The van der Waals surface area contributed by atoms with Crippen LogP contribution in [0.4, 0.5) is 0 Å². The quantitative estimate of drug-likeness (QED) is 0.0222. The highest BCUT2D eigenvalue weighted by Crippen LogP contribution is 2.45. The average Bonchev–Trinajstić information content (AvgIpc) is 3.45. The lowest BCUT2D eigenvalue weighted by atomic mass is 10.0. The topological polar surface area (TPSA) is 237 Å². The largest absolute Gasteiger partial charge is 0.472 e. The van der Waals surface area contributed by atoms with E-state index >= 15 is 0 Å². The Morgan fingerprint density at radius 1 is 0.325 bits per heavy atom. The number of hydrogen-bond acceptors (Lipinski definition) is 15. The number of ether oxygens (including phenoxy) is 4. The van der Waals surface area contributed by atoms with E-state index < -0.39 is 97.5 Å². The average molecular weight is 1230 g/mol. The number of carbonyl (C=O) groups excluding carboxylic acids is 4. The van der Waals surface area contributed by atoms with Crippen molar-refractivity contribution in [2.75, 3.05) is 39.6 Å². The van der Waals surface area contributed by atoms with E-state index in [1.165, 1.54) is 135 Å². The zero-order chi connectivity index (χ0) is 61.3. The summed E-state index contributed by atoms with van der Waals surface area (Å²) in [5, 5.41) is 10.5. The smallest absolute Gasteiger partial charge is 0.462 e. The van der Waals surface area contributed by atoms with Crippen LogP contribution < -0.4 is 0 Å². The summed E-state index contributed by atoms with van der Waals surface area (Å²) in [5.41, 5.74) is 0. The lowest BCUT2D eigenvalue weighted by molar-refractivity contribution is -0.161. The standard InChI is InChI=1S/C64H124O17P2/c1-6-9-12-15-17-19-20-27-30-34-38-43-48-62(67)75-54-60(81-64(69)50-45-40-35-31-28-25-23-21-22-24-26-29-32-37-41-46-57(4)5)56-79-83(72,73)77-52-58(65)51-76-82(70,71)78-55-59(53-74-61(66)47-42-36-14-11-8-3)80-63(68)49-44-39-33-18-16-13-10-7-2/h57-60,65H,6-56H2,1-5H3,(H,70,71)(H,72,73)/t58-,59+,60+/m0/s1. The van der Waals surface area contributed by atoms with Crippen LogP contribution in [-0.4, -0.2) is 96.7 Å². The first-order valence-corrected chi connectivity index (χ1v) is 36.6. The third kappa shape index (κ3) is 58.8. The molecule has 19 heteroatoms. The lowest BCUT2D eigenvalue weighted by Gasteiger charge is -2.21. The summed E-state index contributed by atoms with van der Waals surface area (Å²) in [7, 11) is -9.87. The summed E-state index contributed by atoms with van der Waals surface area (Å²) in [4.78, 5) is 71.9. The van der Waals surface area contributed by atoms with Gasteiger partial charge in [-0.25, -0.2) is 9.13 Å². The van der Waals surface area contributed by atoms with Gasteiger partial charge in [-0.1, -0.05) is 272 Å². The first kappa shape index (κ1) is 81.1. The molecule has 0 saturated heterocycles. The molecular formula is C64H124O17P2. The number of unbranched alkanes of at least 4 members (excludes halogenated alkanes) is 36. The number of phosphoric ester groups is 2. The van der Waals surface area contributed by atoms with E-state index in [2.05, 4.69) is 34.6 Å². The third-order valence-electron chi connectivity index (χ3n) is 14.8. The minimum Gasteiger partial charge on any atom is -0.462 e. The Balaban J connectivity index is 5.13. The monoisotopic (exact) mass is 1230 g/mol. The van der Waals surface area contributed by atoms with Gasteiger partial charge in [0.1, 0.15) is 19.3 Å². The van der Waals surface area contributed by atoms with Gasteiger partial charge in [0.25, 0.3) is 0 Å². The summed E-state index contributed by atoms with van der Waals surface area (Å²) in [6.07, 6.45) is 42.1. The van der Waals surface area contributed by atoms with Crippen molar-refractivity contribution >= 4 is 39.5 Å². The predicted octanol–water partition coefficient (Wildman–Crippen LogP) is 17.8. The van der Waals surface area contributed by atoms with E-state index in [9.17, 15) is 43.2 Å². The maximum absolute atomic E-state index is 13.0. The molecule has 0 aliphatic rings. The van der Waals surface area contributed by atoms with Gasteiger partial charge < -0.3 is 33.8 Å². The van der Waals surface area contributed by atoms with Crippen molar-refractivity contribution in [2.45, 2.75) is 342 Å². The van der Waals surface area contributed by atoms with Crippen LogP contribution in [0.25, 0.3) is 0 Å². The molecule has 0 aliphatic heterocycles. The van der Waals surface area contributed by atoms with Crippen molar-refractivity contribution in [1.82, 2.24) is 0 Å². The Kier molecular flexibility index (Phi) is 56.4. The molecule has 0 aliphatic carbocycles. The fourth-order valence-corrected chi connectivity index (χ4v) is 11.2. The fourth-order valence-electron chi connectivity index (χ4n) is 9.58. The molecule has 0 spiro atoms. The summed E-state index contributed by atoms with van der Waals surface area (Å²) in [5.74, 6) is -1.34. The number of esters is 4. The minimum absolute atomic E-state index is 0.104. The van der Waals surface area contributed by atoms with E-state index in [4.69, 9.17) is 37.0 Å². The maximum Gasteiger partial charge on any atom is 0.472 e. The van der Waals surface area contributed by atoms with E-state index in [1.807, 2.05) is 0 Å². The first-order valence-electron chi connectivity index (χ1n) is 33.6. The Labute approximate surface area is 505 Å². The molecule has 0 saturated carbocycles. The van der Waals surface area contributed by atoms with Crippen molar-refractivity contribution < 1.29 is 80.2 Å². The van der Waals surface area contributed by atoms with Crippen molar-refractivity contribution in [2.24, 2.45) is 5.92 Å². The summed E-state index contributed by atoms with van der Waals surface area (Å²) < 4.78 is 67.7. The van der Waals surface area contributed by atoms with E-state index in [0.29, 0.717) is 25.7 Å². The SMILES string of the molecule is CCCCCCCCCCCCCCC(=O)OC[C@H](COP(=O)(O)OC[C@@H](O)COP(=O)(O)OC[C@@H](COC(=O)CCCCCCC)OC(=O)CCCCCCCCCC)OC(=O)CCCCCCCCCCCCCCCCCC(C)C. The molecule has 0 aromatic carbocycles. The highest BCUT2D eigenvalue weighted by Gasteiger charge is 2.30. The van der Waals surface area contributed by atoms with E-state index in [0.717, 1.165) is 109 Å². The van der Waals surface area contributed by atoms with Gasteiger partial charge >= 0.3 is 39.5 Å².